The van der Waals surface area contributed by atoms with E-state index in [1.54, 1.807) is 7.05 Å². The summed E-state index contributed by atoms with van der Waals surface area (Å²) in [6.07, 6.45) is 2.13. The van der Waals surface area contributed by atoms with Crippen molar-refractivity contribution in [1.82, 2.24) is 19.8 Å². The van der Waals surface area contributed by atoms with E-state index in [2.05, 4.69) is 15.6 Å². The summed E-state index contributed by atoms with van der Waals surface area (Å²) in [5.74, 6) is 1.08. The number of nitrogens with one attached hydrogen (secondary N) is 2. The Hall–Kier alpha value is -0.620. The van der Waals surface area contributed by atoms with Crippen molar-refractivity contribution in [1.29, 1.82) is 0 Å². The zero-order valence-electron chi connectivity index (χ0n) is 14.3. The van der Waals surface area contributed by atoms with Gasteiger partial charge in [-0.05, 0) is 12.8 Å². The lowest BCUT2D eigenvalue weighted by atomic mass is 10.3. The number of carbonyl (C=O) groups excluding carboxylic acids is 1. The minimum absolute atomic E-state index is 0. The minimum atomic E-state index is -3.04. The van der Waals surface area contributed by atoms with Gasteiger partial charge in [-0.1, -0.05) is 6.92 Å². The SMILES string of the molecule is CCC(=O)N1CCC(NC(=NC)NCCN2CCCS2(=O)=O)C1.I. The van der Waals surface area contributed by atoms with Gasteiger partial charge in [-0.3, -0.25) is 9.79 Å². The molecule has 0 aromatic rings. The van der Waals surface area contributed by atoms with E-state index in [1.165, 1.54) is 4.31 Å². The number of rotatable bonds is 5. The molecule has 1 unspecified atom stereocenters. The predicted molar refractivity (Wildman–Crippen MR) is 105 cm³/mol. The Labute approximate surface area is 161 Å². The van der Waals surface area contributed by atoms with Crippen LogP contribution in [0.2, 0.25) is 0 Å². The van der Waals surface area contributed by atoms with Crippen molar-refractivity contribution in [3.63, 3.8) is 0 Å². The fourth-order valence-electron chi connectivity index (χ4n) is 2.96. The fraction of sp³-hybridized carbons (Fsp3) is 0.857. The van der Waals surface area contributed by atoms with Gasteiger partial charge in [-0.2, -0.15) is 0 Å². The lowest BCUT2D eigenvalue weighted by Crippen LogP contribution is -2.47. The Kier molecular flexibility index (Phi) is 8.71. The van der Waals surface area contributed by atoms with Gasteiger partial charge in [0.25, 0.3) is 0 Å². The van der Waals surface area contributed by atoms with Crippen molar-refractivity contribution in [3.8, 4) is 0 Å². The summed E-state index contributed by atoms with van der Waals surface area (Å²) in [4.78, 5) is 17.7. The largest absolute Gasteiger partial charge is 0.355 e. The molecule has 2 aliphatic heterocycles. The van der Waals surface area contributed by atoms with E-state index in [0.717, 1.165) is 13.0 Å². The molecule has 2 fully saturated rings. The van der Waals surface area contributed by atoms with Crippen molar-refractivity contribution >= 4 is 45.9 Å². The van der Waals surface area contributed by atoms with E-state index in [9.17, 15) is 13.2 Å². The number of carbonyl (C=O) groups is 1. The average Bonchev–Trinajstić information content (AvgIpc) is 3.12. The summed E-state index contributed by atoms with van der Waals surface area (Å²) >= 11 is 0. The molecule has 0 aliphatic carbocycles. The van der Waals surface area contributed by atoms with Crippen LogP contribution in [0.15, 0.2) is 4.99 Å². The third-order valence-corrected chi connectivity index (χ3v) is 6.22. The maximum Gasteiger partial charge on any atom is 0.222 e. The highest BCUT2D eigenvalue weighted by molar-refractivity contribution is 14.0. The number of nitrogens with zero attached hydrogens (tertiary/aromatic N) is 3. The molecule has 0 saturated carbocycles. The van der Waals surface area contributed by atoms with Crippen LogP contribution in [0.4, 0.5) is 0 Å². The Morgan fingerprint density at radius 3 is 2.67 bits per heavy atom. The Balaban J connectivity index is 0.00000288. The van der Waals surface area contributed by atoms with Gasteiger partial charge in [-0.25, -0.2) is 12.7 Å². The van der Waals surface area contributed by atoms with E-state index in [0.29, 0.717) is 45.0 Å². The van der Waals surface area contributed by atoms with Gasteiger partial charge in [0.05, 0.1) is 5.75 Å². The van der Waals surface area contributed by atoms with Crippen molar-refractivity contribution in [2.24, 2.45) is 4.99 Å². The molecular weight excluding hydrogens is 445 g/mol. The topological polar surface area (TPSA) is 94.1 Å². The number of amides is 1. The molecule has 2 aliphatic rings. The van der Waals surface area contributed by atoms with Gasteiger partial charge in [0.1, 0.15) is 0 Å². The molecule has 0 radical (unpaired) electrons. The van der Waals surface area contributed by atoms with Crippen LogP contribution in [0, 0.1) is 0 Å². The van der Waals surface area contributed by atoms with Gasteiger partial charge in [0.15, 0.2) is 5.96 Å². The third kappa shape index (κ3) is 5.73. The maximum absolute atomic E-state index is 11.7. The van der Waals surface area contributed by atoms with Gasteiger partial charge >= 0.3 is 0 Å². The molecule has 0 spiro atoms. The molecular formula is C14H28IN5O3S. The summed E-state index contributed by atoms with van der Waals surface area (Å²) in [5.41, 5.74) is 0. The monoisotopic (exact) mass is 473 g/mol. The van der Waals surface area contributed by atoms with Crippen LogP contribution in [-0.4, -0.2) is 81.1 Å². The van der Waals surface area contributed by atoms with E-state index in [1.807, 2.05) is 11.8 Å². The van der Waals surface area contributed by atoms with Crippen LogP contribution in [-0.2, 0) is 14.8 Å². The van der Waals surface area contributed by atoms with E-state index in [4.69, 9.17) is 0 Å². The van der Waals surface area contributed by atoms with Crippen LogP contribution >= 0.6 is 24.0 Å². The normalized spacial score (nSPS) is 23.8. The summed E-state index contributed by atoms with van der Waals surface area (Å²) in [7, 11) is -1.36. The van der Waals surface area contributed by atoms with Crippen molar-refractivity contribution in [3.05, 3.63) is 0 Å². The van der Waals surface area contributed by atoms with Gasteiger partial charge < -0.3 is 15.5 Å². The molecule has 1 amide bonds. The highest BCUT2D eigenvalue weighted by Gasteiger charge is 2.28. The molecule has 2 rings (SSSR count). The van der Waals surface area contributed by atoms with Crippen molar-refractivity contribution in [2.45, 2.75) is 32.2 Å². The van der Waals surface area contributed by atoms with Crippen molar-refractivity contribution < 1.29 is 13.2 Å². The molecule has 0 aromatic heterocycles. The number of halogens is 1. The number of hydrogen-bond acceptors (Lipinski definition) is 4. The first kappa shape index (κ1) is 21.4. The molecule has 24 heavy (non-hydrogen) atoms. The number of guanidine groups is 1. The zero-order chi connectivity index (χ0) is 16.9. The van der Waals surface area contributed by atoms with E-state index >= 15 is 0 Å². The highest BCUT2D eigenvalue weighted by Crippen LogP contribution is 2.12. The number of aliphatic imine (C=N–C) groups is 1. The zero-order valence-corrected chi connectivity index (χ0v) is 17.5. The number of likely N-dealkylation sites (tertiary alicyclic amines) is 1. The first-order valence-electron chi connectivity index (χ1n) is 8.19. The van der Waals surface area contributed by atoms with Crippen LogP contribution in [0.5, 0.6) is 0 Å². The quantitative estimate of drug-likeness (QED) is 0.328. The van der Waals surface area contributed by atoms with Crippen LogP contribution < -0.4 is 10.6 Å². The standard InChI is InChI=1S/C14H27N5O3S.HI/c1-3-13(20)18-8-5-12(11-18)17-14(15-2)16-6-9-19-7-4-10-23(19,21)22;/h12H,3-11H2,1-2H3,(H2,15,16,17);1H. The Morgan fingerprint density at radius 2 is 2.08 bits per heavy atom. The smallest absolute Gasteiger partial charge is 0.222 e. The molecule has 2 saturated heterocycles. The predicted octanol–water partition coefficient (Wildman–Crippen LogP) is -0.184. The van der Waals surface area contributed by atoms with Crippen LogP contribution in [0.25, 0.3) is 0 Å². The molecule has 0 bridgehead atoms. The lowest BCUT2D eigenvalue weighted by Gasteiger charge is -2.20. The summed E-state index contributed by atoms with van der Waals surface area (Å²) in [6, 6.07) is 0.187. The van der Waals surface area contributed by atoms with E-state index in [-0.39, 0.29) is 41.7 Å². The van der Waals surface area contributed by atoms with Crippen LogP contribution in [0.3, 0.4) is 0 Å². The molecule has 2 heterocycles. The minimum Gasteiger partial charge on any atom is -0.355 e. The van der Waals surface area contributed by atoms with Crippen LogP contribution in [0.1, 0.15) is 26.2 Å². The molecule has 1 atom stereocenters. The second kappa shape index (κ2) is 9.76. The highest BCUT2D eigenvalue weighted by atomic mass is 127. The first-order chi connectivity index (χ1) is 11.0. The van der Waals surface area contributed by atoms with Gasteiger partial charge in [0.2, 0.25) is 15.9 Å². The molecule has 10 heteroatoms. The summed E-state index contributed by atoms with van der Waals surface area (Å²) in [5, 5.41) is 6.45. The summed E-state index contributed by atoms with van der Waals surface area (Å²) in [6.45, 7) is 4.90. The average molecular weight is 473 g/mol. The number of hydrogen-bond donors (Lipinski definition) is 2. The second-order valence-electron chi connectivity index (χ2n) is 5.89. The fourth-order valence-corrected chi connectivity index (χ4v) is 4.49. The molecule has 0 aromatic carbocycles. The maximum atomic E-state index is 11.7. The summed E-state index contributed by atoms with van der Waals surface area (Å²) < 4.78 is 25.0. The third-order valence-electron chi connectivity index (χ3n) is 4.26. The lowest BCUT2D eigenvalue weighted by molar-refractivity contribution is -0.129. The van der Waals surface area contributed by atoms with Gasteiger partial charge in [-0.15, -0.1) is 24.0 Å². The second-order valence-corrected chi connectivity index (χ2v) is 7.98. The van der Waals surface area contributed by atoms with Gasteiger partial charge in [0, 0.05) is 52.2 Å². The van der Waals surface area contributed by atoms with E-state index < -0.39 is 10.0 Å². The first-order valence-corrected chi connectivity index (χ1v) is 9.80. The van der Waals surface area contributed by atoms with Crippen molar-refractivity contribution in [2.75, 3.05) is 45.5 Å². The molecule has 8 nitrogen and oxygen atoms in total. The molecule has 2 N–H and O–H groups in total. The Morgan fingerprint density at radius 1 is 1.33 bits per heavy atom. The molecule has 140 valence electrons. The number of sulfonamides is 1. The Bertz CT molecular complexity index is 555.